The molecule has 0 aliphatic carbocycles. The summed E-state index contributed by atoms with van der Waals surface area (Å²) < 4.78 is 16.8. The average Bonchev–Trinajstić information content (AvgIpc) is 0.831. The Bertz CT molecular complexity index is 1910. The Kier molecular flexibility index (Phi) is 71.1. The fourth-order valence-corrected chi connectivity index (χ4v) is 12.9. The van der Waals surface area contributed by atoms with Crippen molar-refractivity contribution in [2.75, 3.05) is 19.8 Å². The Morgan fingerprint density at radius 1 is 0.378 bits per heavy atom. The normalized spacial score (nSPS) is 17.6. The van der Waals surface area contributed by atoms with Gasteiger partial charge in [0.1, 0.15) is 24.4 Å². The maximum Gasteiger partial charge on any atom is 0.305 e. The smallest absolute Gasteiger partial charge is 0.305 e. The van der Waals surface area contributed by atoms with Crippen LogP contribution in [0.3, 0.4) is 0 Å². The van der Waals surface area contributed by atoms with E-state index in [1.807, 2.05) is 6.08 Å². The maximum absolute atomic E-state index is 13.1. The van der Waals surface area contributed by atoms with E-state index in [0.29, 0.717) is 19.4 Å². The minimum atomic E-state index is -1.58. The molecular weight excluding hydrogens is 1220 g/mol. The first-order valence-electron chi connectivity index (χ1n) is 41.9. The van der Waals surface area contributed by atoms with E-state index >= 15 is 0 Å². The number of ether oxygens (including phenoxy) is 3. The predicted molar refractivity (Wildman–Crippen MR) is 416 cm³/mol. The van der Waals surface area contributed by atoms with Crippen molar-refractivity contribution in [1.82, 2.24) is 5.32 Å². The van der Waals surface area contributed by atoms with Crippen molar-refractivity contribution in [2.45, 2.75) is 436 Å². The Balaban J connectivity index is 1.89. The fourth-order valence-electron chi connectivity index (χ4n) is 12.9. The number of hydrogen-bond donors (Lipinski definition) is 6. The van der Waals surface area contributed by atoms with Gasteiger partial charge in [-0.3, -0.25) is 9.59 Å². The third-order valence-electron chi connectivity index (χ3n) is 19.4. The lowest BCUT2D eigenvalue weighted by Crippen LogP contribution is -2.60. The molecule has 0 aromatic carbocycles. The third-order valence-corrected chi connectivity index (χ3v) is 19.4. The number of rotatable bonds is 74. The van der Waals surface area contributed by atoms with Gasteiger partial charge in [-0.15, -0.1) is 0 Å². The quantitative estimate of drug-likeness (QED) is 0.0195. The Morgan fingerprint density at radius 2 is 0.694 bits per heavy atom. The van der Waals surface area contributed by atoms with Gasteiger partial charge in [-0.2, -0.15) is 0 Å². The van der Waals surface area contributed by atoms with Crippen LogP contribution in [0.5, 0.6) is 0 Å². The lowest BCUT2D eigenvalue weighted by molar-refractivity contribution is -0.302. The molecule has 1 rings (SSSR count). The van der Waals surface area contributed by atoms with E-state index in [4.69, 9.17) is 14.2 Å². The highest BCUT2D eigenvalue weighted by molar-refractivity contribution is 5.76. The summed E-state index contributed by atoms with van der Waals surface area (Å²) in [5, 5.41) is 54.5. The molecule has 6 N–H and O–H groups in total. The fraction of sp³-hybridized carbons (Fsp3) is 0.816. The van der Waals surface area contributed by atoms with E-state index < -0.39 is 49.5 Å². The molecule has 0 aromatic heterocycles. The number of nitrogens with one attached hydrogen (secondary N) is 1. The van der Waals surface area contributed by atoms with Crippen LogP contribution in [0.15, 0.2) is 85.1 Å². The summed E-state index contributed by atoms with van der Waals surface area (Å²) in [4.78, 5) is 25.2. The van der Waals surface area contributed by atoms with Crippen LogP contribution in [-0.2, 0) is 23.8 Å². The van der Waals surface area contributed by atoms with Crippen molar-refractivity contribution in [3.8, 4) is 0 Å². The van der Waals surface area contributed by atoms with Crippen LogP contribution in [0.1, 0.15) is 393 Å². The molecule has 0 radical (unpaired) electrons. The van der Waals surface area contributed by atoms with E-state index in [0.717, 1.165) is 83.5 Å². The molecule has 7 unspecified atom stereocenters. The Morgan fingerprint density at radius 3 is 1.09 bits per heavy atom. The van der Waals surface area contributed by atoms with Crippen molar-refractivity contribution in [2.24, 2.45) is 0 Å². The van der Waals surface area contributed by atoms with Crippen molar-refractivity contribution in [3.05, 3.63) is 85.1 Å². The molecule has 1 aliphatic rings. The van der Waals surface area contributed by atoms with Gasteiger partial charge in [0, 0.05) is 12.8 Å². The first-order chi connectivity index (χ1) is 48.2. The number of aliphatic hydroxyl groups is 5. The topological polar surface area (TPSA) is 175 Å². The molecule has 0 saturated carbocycles. The Hall–Kier alpha value is -3.16. The van der Waals surface area contributed by atoms with Gasteiger partial charge in [0.05, 0.1) is 32.0 Å². The van der Waals surface area contributed by atoms with Gasteiger partial charge in [-0.05, 0) is 122 Å². The van der Waals surface area contributed by atoms with Gasteiger partial charge in [0.25, 0.3) is 0 Å². The summed E-state index contributed by atoms with van der Waals surface area (Å²) in [7, 11) is 0. The highest BCUT2D eigenvalue weighted by Crippen LogP contribution is 2.24. The van der Waals surface area contributed by atoms with E-state index in [1.54, 1.807) is 6.08 Å². The SMILES string of the molecule is CCCCC/C=C/CC/C=C/CC/C=C/C(O)C(COC1OC(CO)C(O)C(O)C1O)NC(=O)CCCCCCCCCCCCCCCCCCC/C=C\C/C=C\CCCCCCCCCCCCCCCCCOC(=O)CCCCCCCCC/C=C\C/C=C\CCCCCC. The highest BCUT2D eigenvalue weighted by Gasteiger charge is 2.44. The van der Waals surface area contributed by atoms with Crippen LogP contribution < -0.4 is 5.32 Å². The monoisotopic (exact) mass is 1380 g/mol. The molecule has 1 saturated heterocycles. The van der Waals surface area contributed by atoms with E-state index in [9.17, 15) is 35.1 Å². The number of carbonyl (C=O) groups excluding carboxylic acids is 2. The number of aliphatic hydroxyl groups excluding tert-OH is 5. The first kappa shape index (κ1) is 92.9. The van der Waals surface area contributed by atoms with Crippen LogP contribution in [0.25, 0.3) is 0 Å². The van der Waals surface area contributed by atoms with Crippen molar-refractivity contribution in [1.29, 1.82) is 0 Å². The molecule has 1 fully saturated rings. The predicted octanol–water partition coefficient (Wildman–Crippen LogP) is 23.1. The first-order valence-corrected chi connectivity index (χ1v) is 41.9. The lowest BCUT2D eigenvalue weighted by Gasteiger charge is -2.40. The summed E-state index contributed by atoms with van der Waals surface area (Å²) in [6.45, 7) is 4.31. The molecule has 11 nitrogen and oxygen atoms in total. The minimum Gasteiger partial charge on any atom is -0.466 e. The lowest BCUT2D eigenvalue weighted by atomic mass is 9.99. The van der Waals surface area contributed by atoms with E-state index in [1.165, 1.54) is 283 Å². The van der Waals surface area contributed by atoms with Gasteiger partial charge in [-0.1, -0.05) is 343 Å². The number of allylic oxidation sites excluding steroid dienone is 13. The summed E-state index contributed by atoms with van der Waals surface area (Å²) in [5.41, 5.74) is 0. The van der Waals surface area contributed by atoms with Gasteiger partial charge >= 0.3 is 5.97 Å². The number of carbonyl (C=O) groups is 2. The van der Waals surface area contributed by atoms with Crippen LogP contribution in [0.4, 0.5) is 0 Å². The average molecular weight is 1380 g/mol. The zero-order chi connectivity index (χ0) is 70.8. The molecule has 570 valence electrons. The highest BCUT2D eigenvalue weighted by atomic mass is 16.7. The van der Waals surface area contributed by atoms with Crippen molar-refractivity contribution >= 4 is 11.9 Å². The molecule has 0 spiro atoms. The summed E-state index contributed by atoms with van der Waals surface area (Å²) in [6.07, 6.45) is 94.9. The summed E-state index contributed by atoms with van der Waals surface area (Å²) >= 11 is 0. The zero-order valence-corrected chi connectivity index (χ0v) is 63.7. The maximum atomic E-state index is 13.1. The van der Waals surface area contributed by atoms with E-state index in [2.05, 4.69) is 92.1 Å². The Labute approximate surface area is 603 Å². The molecule has 0 aromatic rings. The molecule has 1 aliphatic heterocycles. The molecular formula is C87H157NO10. The molecule has 7 atom stereocenters. The number of amides is 1. The van der Waals surface area contributed by atoms with Crippen LogP contribution in [0.2, 0.25) is 0 Å². The zero-order valence-electron chi connectivity index (χ0n) is 63.7. The van der Waals surface area contributed by atoms with Crippen LogP contribution >= 0.6 is 0 Å². The molecule has 1 heterocycles. The van der Waals surface area contributed by atoms with Gasteiger partial charge in [0.2, 0.25) is 5.91 Å². The third kappa shape index (κ3) is 62.6. The van der Waals surface area contributed by atoms with Gasteiger partial charge < -0.3 is 45.1 Å². The second-order valence-electron chi connectivity index (χ2n) is 28.8. The molecule has 98 heavy (non-hydrogen) atoms. The standard InChI is InChI=1S/C87H157NO10/c1-3-5-7-9-11-13-15-17-18-19-44-47-51-55-59-63-67-71-75-83(92)96-76-72-68-64-60-56-52-48-45-42-40-38-36-34-32-30-28-26-24-22-20-21-23-25-27-29-31-33-35-37-39-41-43-46-50-54-58-62-66-70-74-82(91)88-79(78-97-87-86(95)85(94)84(93)81(77-89)98-87)80(90)73-69-65-61-57-53-49-16-14-12-10-8-6-4-2/h12-15,18-21,24,26,53,57,69,73,79-81,84-87,89-90,93-95H,3-11,16-17,22-23,25,27-52,54-56,58-68,70-72,74-78H2,1-2H3,(H,88,91)/b14-12+,15-13-,19-18-,21-20-,26-24-,57-53+,73-69+. The van der Waals surface area contributed by atoms with E-state index in [-0.39, 0.29) is 18.5 Å². The summed E-state index contributed by atoms with van der Waals surface area (Å²) in [5.74, 6) is -0.186. The molecule has 1 amide bonds. The number of hydrogen-bond acceptors (Lipinski definition) is 10. The second-order valence-corrected chi connectivity index (χ2v) is 28.8. The second kappa shape index (κ2) is 75.0. The van der Waals surface area contributed by atoms with Crippen LogP contribution in [-0.4, -0.2) is 100 Å². The molecule has 0 bridgehead atoms. The molecule has 11 heteroatoms. The summed E-state index contributed by atoms with van der Waals surface area (Å²) in [6, 6.07) is -0.834. The van der Waals surface area contributed by atoms with Gasteiger partial charge in [0.15, 0.2) is 6.29 Å². The van der Waals surface area contributed by atoms with Gasteiger partial charge in [-0.25, -0.2) is 0 Å². The number of unbranched alkanes of at least 4 members (excludes halogenated alkanes) is 48. The van der Waals surface area contributed by atoms with Crippen LogP contribution in [0, 0.1) is 0 Å². The minimum absolute atomic E-state index is 0.00692. The van der Waals surface area contributed by atoms with Crippen molar-refractivity contribution < 1.29 is 49.3 Å². The van der Waals surface area contributed by atoms with Crippen molar-refractivity contribution in [3.63, 3.8) is 0 Å². The number of esters is 1. The largest absolute Gasteiger partial charge is 0.466 e.